The number of benzene rings is 2. The number of carbonyl (C=O) groups excluding carboxylic acids is 1. The Balaban J connectivity index is 1.69. The van der Waals surface area contributed by atoms with E-state index in [1.165, 1.54) is 5.56 Å². The molecule has 1 saturated heterocycles. The van der Waals surface area contributed by atoms with E-state index in [9.17, 15) is 9.59 Å². The van der Waals surface area contributed by atoms with Crippen molar-refractivity contribution in [2.45, 2.75) is 65.0 Å². The second-order valence-corrected chi connectivity index (χ2v) is 10.5. The van der Waals surface area contributed by atoms with Crippen LogP contribution in [-0.2, 0) is 10.2 Å². The molecule has 172 valence electrons. The lowest BCUT2D eigenvalue weighted by Crippen LogP contribution is -2.36. The van der Waals surface area contributed by atoms with Gasteiger partial charge in [-0.2, -0.15) is 0 Å². The van der Waals surface area contributed by atoms with Crippen LogP contribution in [0.4, 0.5) is 0 Å². The first kappa shape index (κ1) is 21.9. The summed E-state index contributed by atoms with van der Waals surface area (Å²) in [6, 6.07) is 11.5. The van der Waals surface area contributed by atoms with Crippen LogP contribution in [0.3, 0.4) is 0 Å². The summed E-state index contributed by atoms with van der Waals surface area (Å²) in [6.45, 7) is 11.6. The SMILES string of the molecule is Cc1cc2oc3c(c(=O)c2cc1C)[C@@H](c1ccc(C(C)(C)C)cc1)N(C[C@H]1CCCO1)C3=O. The molecule has 5 rings (SSSR count). The van der Waals surface area contributed by atoms with Crippen molar-refractivity contribution in [2.24, 2.45) is 0 Å². The molecule has 0 radical (unpaired) electrons. The summed E-state index contributed by atoms with van der Waals surface area (Å²) >= 11 is 0. The Bertz CT molecular complexity index is 1290. The monoisotopic (exact) mass is 445 g/mol. The predicted octanol–water partition coefficient (Wildman–Crippen LogP) is 5.43. The molecule has 2 atom stereocenters. The van der Waals surface area contributed by atoms with Crippen molar-refractivity contribution in [1.29, 1.82) is 0 Å². The molecular weight excluding hydrogens is 414 g/mol. The van der Waals surface area contributed by atoms with Crippen LogP contribution in [0.25, 0.3) is 11.0 Å². The Morgan fingerprint density at radius 1 is 1.03 bits per heavy atom. The Kier molecular flexibility index (Phi) is 5.20. The maximum Gasteiger partial charge on any atom is 0.291 e. The molecule has 1 fully saturated rings. The van der Waals surface area contributed by atoms with Crippen molar-refractivity contribution in [3.05, 3.63) is 80.2 Å². The Labute approximate surface area is 194 Å². The standard InChI is InChI=1S/C28H31NO4/c1-16-13-21-22(14-17(16)2)33-26-23(25(21)30)24(18-8-10-19(11-9-18)28(3,4)5)29(27(26)31)15-20-7-6-12-32-20/h8-11,13-14,20,24H,6-7,12,15H2,1-5H3/t20-,24-/m1/s1. The maximum atomic E-state index is 13.8. The van der Waals surface area contributed by atoms with Crippen LogP contribution in [0.15, 0.2) is 45.6 Å². The van der Waals surface area contributed by atoms with Crippen molar-refractivity contribution >= 4 is 16.9 Å². The molecule has 2 aliphatic rings. The Morgan fingerprint density at radius 2 is 1.73 bits per heavy atom. The molecule has 2 aliphatic heterocycles. The Morgan fingerprint density at radius 3 is 2.36 bits per heavy atom. The summed E-state index contributed by atoms with van der Waals surface area (Å²) < 4.78 is 12.0. The third kappa shape index (κ3) is 3.68. The van der Waals surface area contributed by atoms with Crippen molar-refractivity contribution in [1.82, 2.24) is 4.90 Å². The highest BCUT2D eigenvalue weighted by atomic mass is 16.5. The molecule has 5 heteroatoms. The number of rotatable bonds is 3. The fourth-order valence-electron chi connectivity index (χ4n) is 4.98. The lowest BCUT2D eigenvalue weighted by Gasteiger charge is -2.28. The first-order chi connectivity index (χ1) is 15.6. The van der Waals surface area contributed by atoms with E-state index in [2.05, 4.69) is 32.9 Å². The van der Waals surface area contributed by atoms with Gasteiger partial charge >= 0.3 is 0 Å². The molecule has 2 aromatic carbocycles. The van der Waals surface area contributed by atoms with Crippen molar-refractivity contribution in [2.75, 3.05) is 13.2 Å². The van der Waals surface area contributed by atoms with Gasteiger partial charge in [0.25, 0.3) is 5.91 Å². The van der Waals surface area contributed by atoms with Gasteiger partial charge in [-0.3, -0.25) is 9.59 Å². The van der Waals surface area contributed by atoms with Gasteiger partial charge in [-0.15, -0.1) is 0 Å². The van der Waals surface area contributed by atoms with Crippen LogP contribution < -0.4 is 5.43 Å². The van der Waals surface area contributed by atoms with Gasteiger partial charge in [0, 0.05) is 13.2 Å². The second kappa shape index (κ2) is 7.84. The zero-order chi connectivity index (χ0) is 23.5. The van der Waals surface area contributed by atoms with Crippen LogP contribution in [0.1, 0.15) is 78.0 Å². The summed E-state index contributed by atoms with van der Waals surface area (Å²) in [5.74, 6) is -0.0683. The maximum absolute atomic E-state index is 13.8. The van der Waals surface area contributed by atoms with Gasteiger partial charge in [0.15, 0.2) is 5.43 Å². The zero-order valence-electron chi connectivity index (χ0n) is 20.0. The fraction of sp³-hybridized carbons (Fsp3) is 0.429. The van der Waals surface area contributed by atoms with E-state index >= 15 is 0 Å². The lowest BCUT2D eigenvalue weighted by atomic mass is 9.86. The van der Waals surface area contributed by atoms with Crippen LogP contribution >= 0.6 is 0 Å². The topological polar surface area (TPSA) is 59.8 Å². The molecule has 3 aromatic rings. The van der Waals surface area contributed by atoms with E-state index in [1.807, 2.05) is 38.1 Å². The Hall–Kier alpha value is -2.92. The molecular formula is C28H31NO4. The number of ether oxygens (including phenoxy) is 1. The largest absolute Gasteiger partial charge is 0.450 e. The number of amides is 1. The number of hydrogen-bond donors (Lipinski definition) is 0. The van der Waals surface area contributed by atoms with E-state index in [-0.39, 0.29) is 28.6 Å². The molecule has 5 nitrogen and oxygen atoms in total. The molecule has 0 spiro atoms. The molecule has 0 bridgehead atoms. The number of aryl methyl sites for hydroxylation is 2. The van der Waals surface area contributed by atoms with Gasteiger partial charge in [0.2, 0.25) is 5.76 Å². The van der Waals surface area contributed by atoms with Gasteiger partial charge in [0.05, 0.1) is 23.1 Å². The second-order valence-electron chi connectivity index (χ2n) is 10.5. The first-order valence-electron chi connectivity index (χ1n) is 11.8. The van der Waals surface area contributed by atoms with E-state index < -0.39 is 6.04 Å². The zero-order valence-corrected chi connectivity index (χ0v) is 20.0. The first-order valence-corrected chi connectivity index (χ1v) is 11.8. The third-order valence-corrected chi connectivity index (χ3v) is 7.10. The predicted molar refractivity (Wildman–Crippen MR) is 129 cm³/mol. The average molecular weight is 446 g/mol. The summed E-state index contributed by atoms with van der Waals surface area (Å²) in [7, 11) is 0. The van der Waals surface area contributed by atoms with Crippen molar-refractivity contribution in [3.63, 3.8) is 0 Å². The summed E-state index contributed by atoms with van der Waals surface area (Å²) in [5, 5.41) is 0.528. The quantitative estimate of drug-likeness (QED) is 0.539. The van der Waals surface area contributed by atoms with Crippen molar-refractivity contribution in [3.8, 4) is 0 Å². The fourth-order valence-corrected chi connectivity index (χ4v) is 4.98. The smallest absolute Gasteiger partial charge is 0.291 e. The molecule has 1 amide bonds. The number of carbonyl (C=O) groups is 1. The lowest BCUT2D eigenvalue weighted by molar-refractivity contribution is 0.0486. The summed E-state index contributed by atoms with van der Waals surface area (Å²) in [5.41, 5.74) is 4.99. The van der Waals surface area contributed by atoms with Crippen LogP contribution in [0.5, 0.6) is 0 Å². The van der Waals surface area contributed by atoms with Gasteiger partial charge in [-0.1, -0.05) is 45.0 Å². The third-order valence-electron chi connectivity index (χ3n) is 7.10. The molecule has 0 N–H and O–H groups in total. The molecule has 0 aliphatic carbocycles. The highest BCUT2D eigenvalue weighted by molar-refractivity contribution is 5.99. The molecule has 33 heavy (non-hydrogen) atoms. The normalized spacial score (nSPS) is 20.6. The highest BCUT2D eigenvalue weighted by Gasteiger charge is 2.44. The van der Waals surface area contributed by atoms with E-state index in [1.54, 1.807) is 4.90 Å². The van der Waals surface area contributed by atoms with Crippen molar-refractivity contribution < 1.29 is 13.9 Å². The van der Waals surface area contributed by atoms with E-state index in [0.717, 1.165) is 29.5 Å². The highest BCUT2D eigenvalue weighted by Crippen LogP contribution is 2.39. The minimum Gasteiger partial charge on any atom is -0.450 e. The molecule has 0 unspecified atom stereocenters. The van der Waals surface area contributed by atoms with Gasteiger partial charge in [-0.05, 0) is 66.5 Å². The minimum absolute atomic E-state index is 0.0178. The number of hydrogen-bond acceptors (Lipinski definition) is 4. The van der Waals surface area contributed by atoms with Crippen LogP contribution in [0.2, 0.25) is 0 Å². The van der Waals surface area contributed by atoms with Gasteiger partial charge in [-0.25, -0.2) is 0 Å². The van der Waals surface area contributed by atoms with Gasteiger partial charge in [0.1, 0.15) is 5.58 Å². The number of nitrogens with zero attached hydrogens (tertiary/aromatic N) is 1. The van der Waals surface area contributed by atoms with E-state index in [0.29, 0.717) is 29.7 Å². The molecule has 0 saturated carbocycles. The number of fused-ring (bicyclic) bond motifs is 2. The van der Waals surface area contributed by atoms with Gasteiger partial charge < -0.3 is 14.1 Å². The summed E-state index contributed by atoms with van der Waals surface area (Å²) in [4.78, 5) is 29.1. The van der Waals surface area contributed by atoms with Crippen LogP contribution in [-0.4, -0.2) is 30.1 Å². The average Bonchev–Trinajstić information content (AvgIpc) is 3.37. The molecule has 3 heterocycles. The van der Waals surface area contributed by atoms with Crippen LogP contribution in [0, 0.1) is 13.8 Å². The van der Waals surface area contributed by atoms with E-state index in [4.69, 9.17) is 9.15 Å². The minimum atomic E-state index is -0.479. The molecule has 1 aromatic heterocycles. The summed E-state index contributed by atoms with van der Waals surface area (Å²) in [6.07, 6.45) is 1.88.